The molecule has 0 amide bonds. The summed E-state index contributed by atoms with van der Waals surface area (Å²) in [5.41, 5.74) is 1.35. The second-order valence-corrected chi connectivity index (χ2v) is 6.77. The minimum Gasteiger partial charge on any atom is -0.348 e. The second kappa shape index (κ2) is 7.41. The molecule has 2 rings (SSSR count). The Morgan fingerprint density at radius 2 is 2.10 bits per heavy atom. The lowest BCUT2D eigenvalue weighted by molar-refractivity contribution is 0.485. The van der Waals surface area contributed by atoms with Crippen LogP contribution in [0.1, 0.15) is 63.1 Å². The maximum Gasteiger partial charge on any atom is 0.185 e. The van der Waals surface area contributed by atoms with Gasteiger partial charge in [-0.2, -0.15) is 0 Å². The van der Waals surface area contributed by atoms with Gasteiger partial charge in [0.1, 0.15) is 0 Å². The van der Waals surface area contributed by atoms with Crippen molar-refractivity contribution in [3.05, 3.63) is 10.6 Å². The Morgan fingerprint density at radius 3 is 2.70 bits per heavy atom. The van der Waals surface area contributed by atoms with Crippen molar-refractivity contribution < 1.29 is 0 Å². The quantitative estimate of drug-likeness (QED) is 0.824. The van der Waals surface area contributed by atoms with E-state index >= 15 is 0 Å². The van der Waals surface area contributed by atoms with Gasteiger partial charge in [0.2, 0.25) is 0 Å². The Morgan fingerprint density at radius 1 is 1.35 bits per heavy atom. The average Bonchev–Trinajstić information content (AvgIpc) is 2.92. The normalized spacial score (nSPS) is 18.4. The zero-order valence-corrected chi connectivity index (χ0v) is 14.2. The van der Waals surface area contributed by atoms with Crippen molar-refractivity contribution in [2.75, 3.05) is 25.0 Å². The van der Waals surface area contributed by atoms with Crippen molar-refractivity contribution >= 4 is 16.5 Å². The zero-order chi connectivity index (χ0) is 14.5. The zero-order valence-electron chi connectivity index (χ0n) is 13.4. The summed E-state index contributed by atoms with van der Waals surface area (Å²) < 4.78 is 0. The topological polar surface area (TPSA) is 28.2 Å². The molecule has 1 N–H and O–H groups in total. The summed E-state index contributed by atoms with van der Waals surface area (Å²) in [4.78, 5) is 8.91. The molecule has 0 aromatic carbocycles. The molecule has 1 atom stereocenters. The molecule has 1 heterocycles. The fourth-order valence-corrected chi connectivity index (χ4v) is 4.35. The van der Waals surface area contributed by atoms with Gasteiger partial charge in [0.25, 0.3) is 0 Å². The highest BCUT2D eigenvalue weighted by Crippen LogP contribution is 2.37. The van der Waals surface area contributed by atoms with E-state index in [1.807, 2.05) is 11.3 Å². The molecule has 0 saturated heterocycles. The Hall–Kier alpha value is -0.610. The summed E-state index contributed by atoms with van der Waals surface area (Å²) in [5, 5.41) is 4.69. The Balaban J connectivity index is 2.16. The number of aromatic nitrogens is 1. The number of hydrogen-bond donors (Lipinski definition) is 1. The van der Waals surface area contributed by atoms with Crippen LogP contribution in [0.4, 0.5) is 5.13 Å². The van der Waals surface area contributed by atoms with Gasteiger partial charge in [-0.05, 0) is 39.2 Å². The molecule has 1 aliphatic rings. The van der Waals surface area contributed by atoms with Gasteiger partial charge in [-0.25, -0.2) is 4.98 Å². The van der Waals surface area contributed by atoms with Crippen LogP contribution in [0.25, 0.3) is 0 Å². The summed E-state index contributed by atoms with van der Waals surface area (Å²) in [5.74, 6) is 0.788. The van der Waals surface area contributed by atoms with E-state index in [-0.39, 0.29) is 0 Å². The molecule has 0 saturated carbocycles. The maximum absolute atomic E-state index is 4.95. The summed E-state index contributed by atoms with van der Waals surface area (Å²) in [6.07, 6.45) is 6.20. The van der Waals surface area contributed by atoms with Gasteiger partial charge in [-0.15, -0.1) is 0 Å². The summed E-state index contributed by atoms with van der Waals surface area (Å²) in [7, 11) is 2.07. The van der Waals surface area contributed by atoms with Crippen molar-refractivity contribution in [3.63, 3.8) is 0 Å². The first-order valence-electron chi connectivity index (χ1n) is 8.15. The molecule has 1 unspecified atom stereocenters. The van der Waals surface area contributed by atoms with E-state index in [0.717, 1.165) is 25.4 Å². The second-order valence-electron chi connectivity index (χ2n) is 5.76. The third-order valence-electron chi connectivity index (χ3n) is 4.57. The van der Waals surface area contributed by atoms with Crippen LogP contribution in [0.5, 0.6) is 0 Å². The lowest BCUT2D eigenvalue weighted by atomic mass is 9.98. The molecule has 1 aromatic rings. The Kier molecular flexibility index (Phi) is 5.85. The van der Waals surface area contributed by atoms with Gasteiger partial charge in [0.05, 0.1) is 5.69 Å². The van der Waals surface area contributed by atoms with Gasteiger partial charge in [0, 0.05) is 24.0 Å². The maximum atomic E-state index is 4.95. The van der Waals surface area contributed by atoms with E-state index in [9.17, 15) is 0 Å². The summed E-state index contributed by atoms with van der Waals surface area (Å²) >= 11 is 1.92. The number of rotatable bonds is 7. The van der Waals surface area contributed by atoms with E-state index in [0.29, 0.717) is 6.04 Å². The van der Waals surface area contributed by atoms with Crippen molar-refractivity contribution in [2.45, 2.75) is 58.9 Å². The monoisotopic (exact) mass is 295 g/mol. The number of thiazole rings is 1. The van der Waals surface area contributed by atoms with Gasteiger partial charge in [-0.1, -0.05) is 38.0 Å². The number of hydrogen-bond acceptors (Lipinski definition) is 4. The fraction of sp³-hybridized carbons (Fsp3) is 0.812. The highest BCUT2D eigenvalue weighted by atomic mass is 32.1. The third-order valence-corrected chi connectivity index (χ3v) is 5.85. The van der Waals surface area contributed by atoms with E-state index in [2.05, 4.69) is 38.0 Å². The SMILES string of the molecule is CCC(CC)CN(CC)c1nc2c(s1)C(NC)CCC2. The summed E-state index contributed by atoms with van der Waals surface area (Å²) in [6, 6.07) is 0.525. The molecule has 0 bridgehead atoms. The predicted octanol–water partition coefficient (Wildman–Crippen LogP) is 4.00. The predicted molar refractivity (Wildman–Crippen MR) is 88.8 cm³/mol. The minimum absolute atomic E-state index is 0.525. The molecule has 0 fully saturated rings. The third kappa shape index (κ3) is 3.34. The molecule has 1 aromatic heterocycles. The van der Waals surface area contributed by atoms with Crippen molar-refractivity contribution in [1.29, 1.82) is 0 Å². The van der Waals surface area contributed by atoms with Gasteiger partial charge < -0.3 is 10.2 Å². The first-order valence-corrected chi connectivity index (χ1v) is 8.96. The van der Waals surface area contributed by atoms with E-state index in [4.69, 9.17) is 4.98 Å². The minimum atomic E-state index is 0.525. The van der Waals surface area contributed by atoms with Crippen LogP contribution in [-0.4, -0.2) is 25.1 Å². The molecule has 114 valence electrons. The van der Waals surface area contributed by atoms with Crippen LogP contribution < -0.4 is 10.2 Å². The Bertz CT molecular complexity index is 412. The van der Waals surface area contributed by atoms with Crippen LogP contribution in [0.2, 0.25) is 0 Å². The Labute approximate surface area is 127 Å². The molecule has 20 heavy (non-hydrogen) atoms. The van der Waals surface area contributed by atoms with Crippen LogP contribution in [0.15, 0.2) is 0 Å². The summed E-state index contributed by atoms with van der Waals surface area (Å²) in [6.45, 7) is 9.06. The van der Waals surface area contributed by atoms with E-state index < -0.39 is 0 Å². The van der Waals surface area contributed by atoms with Crippen LogP contribution in [-0.2, 0) is 6.42 Å². The van der Waals surface area contributed by atoms with Crippen LogP contribution in [0, 0.1) is 5.92 Å². The van der Waals surface area contributed by atoms with Crippen LogP contribution >= 0.6 is 11.3 Å². The standard InChI is InChI=1S/C16H29N3S/c1-5-12(6-2)11-19(7-3)16-18-14-10-8-9-13(17-4)15(14)20-16/h12-13,17H,5-11H2,1-4H3. The van der Waals surface area contributed by atoms with E-state index in [1.165, 1.54) is 41.4 Å². The lowest BCUT2D eigenvalue weighted by Gasteiger charge is -2.24. The molecule has 3 nitrogen and oxygen atoms in total. The number of nitrogens with zero attached hydrogens (tertiary/aromatic N) is 2. The van der Waals surface area contributed by atoms with Gasteiger partial charge >= 0.3 is 0 Å². The molecular weight excluding hydrogens is 266 g/mol. The molecule has 0 aliphatic heterocycles. The number of nitrogens with one attached hydrogen (secondary N) is 1. The lowest BCUT2D eigenvalue weighted by Crippen LogP contribution is -2.28. The van der Waals surface area contributed by atoms with Crippen molar-refractivity contribution in [2.24, 2.45) is 5.92 Å². The molecule has 0 spiro atoms. The largest absolute Gasteiger partial charge is 0.348 e. The molecule has 0 radical (unpaired) electrons. The first kappa shape index (κ1) is 15.8. The smallest absolute Gasteiger partial charge is 0.185 e. The number of aryl methyl sites for hydroxylation is 1. The number of fused-ring (bicyclic) bond motifs is 1. The van der Waals surface area contributed by atoms with E-state index in [1.54, 1.807) is 0 Å². The van der Waals surface area contributed by atoms with Gasteiger partial charge in [-0.3, -0.25) is 0 Å². The highest BCUT2D eigenvalue weighted by Gasteiger charge is 2.25. The first-order chi connectivity index (χ1) is 9.73. The molecule has 4 heteroatoms. The average molecular weight is 295 g/mol. The molecular formula is C16H29N3S. The number of anilines is 1. The van der Waals surface area contributed by atoms with Crippen LogP contribution in [0.3, 0.4) is 0 Å². The van der Waals surface area contributed by atoms with Crippen molar-refractivity contribution in [1.82, 2.24) is 10.3 Å². The molecule has 1 aliphatic carbocycles. The fourth-order valence-electron chi connectivity index (χ4n) is 3.02. The van der Waals surface area contributed by atoms with Gasteiger partial charge in [0.15, 0.2) is 5.13 Å². The van der Waals surface area contributed by atoms with Crippen molar-refractivity contribution in [3.8, 4) is 0 Å². The highest BCUT2D eigenvalue weighted by molar-refractivity contribution is 7.15.